The number of aryl methyl sites for hydroxylation is 1. The molecular weight excluding hydrogens is 272 g/mol. The van der Waals surface area contributed by atoms with Crippen molar-refractivity contribution in [2.45, 2.75) is 33.2 Å². The van der Waals surface area contributed by atoms with Crippen molar-refractivity contribution >= 4 is 18.3 Å². The number of rotatable bonds is 7. The van der Waals surface area contributed by atoms with Crippen LogP contribution in [-0.4, -0.2) is 35.4 Å². The third-order valence-corrected chi connectivity index (χ3v) is 2.81. The topological polar surface area (TPSA) is 103 Å². The Morgan fingerprint density at radius 3 is 2.74 bits per heavy atom. The molecule has 19 heavy (non-hydrogen) atoms. The van der Waals surface area contributed by atoms with E-state index >= 15 is 0 Å². The lowest BCUT2D eigenvalue weighted by Gasteiger charge is -2.17. The molecule has 7 nitrogen and oxygen atoms in total. The standard InChI is InChI=1S/C11H20N4O3.ClH/c1-4-7(2)9(12)10(16)13-5-6-17-11-8(3)14-18-15-11;/h7,9H,4-6,12H2,1-3H3,(H,13,16);1H/t7-,9-;/m0./s1. The summed E-state index contributed by atoms with van der Waals surface area (Å²) in [6.45, 7) is 6.35. The number of nitrogens with two attached hydrogens (primary N) is 1. The molecule has 1 rings (SSSR count). The van der Waals surface area contributed by atoms with Crippen molar-refractivity contribution in [1.82, 2.24) is 15.6 Å². The maximum Gasteiger partial charge on any atom is 0.278 e. The predicted molar refractivity (Wildman–Crippen MR) is 72.2 cm³/mol. The predicted octanol–water partition coefficient (Wildman–Crippen LogP) is 0.668. The van der Waals surface area contributed by atoms with Crippen LogP contribution >= 0.6 is 12.4 Å². The third kappa shape index (κ3) is 5.44. The Morgan fingerprint density at radius 2 is 2.21 bits per heavy atom. The number of hydrogen-bond acceptors (Lipinski definition) is 6. The Labute approximate surface area is 118 Å². The molecule has 1 aromatic heterocycles. The summed E-state index contributed by atoms with van der Waals surface area (Å²) < 4.78 is 9.75. The van der Waals surface area contributed by atoms with E-state index in [2.05, 4.69) is 20.3 Å². The number of nitrogens with one attached hydrogen (secondary N) is 1. The van der Waals surface area contributed by atoms with Crippen LogP contribution in [0.4, 0.5) is 0 Å². The fourth-order valence-electron chi connectivity index (χ4n) is 1.31. The van der Waals surface area contributed by atoms with Gasteiger partial charge in [0.1, 0.15) is 12.3 Å². The molecule has 8 heteroatoms. The smallest absolute Gasteiger partial charge is 0.278 e. The van der Waals surface area contributed by atoms with Crippen molar-refractivity contribution in [2.75, 3.05) is 13.2 Å². The highest BCUT2D eigenvalue weighted by atomic mass is 35.5. The molecule has 1 amide bonds. The maximum absolute atomic E-state index is 11.6. The summed E-state index contributed by atoms with van der Waals surface area (Å²) in [5.74, 6) is 0.339. The summed E-state index contributed by atoms with van der Waals surface area (Å²) in [6.07, 6.45) is 0.870. The van der Waals surface area contributed by atoms with Gasteiger partial charge in [0.2, 0.25) is 5.91 Å². The van der Waals surface area contributed by atoms with Crippen LogP contribution in [0.3, 0.4) is 0 Å². The summed E-state index contributed by atoms with van der Waals surface area (Å²) in [4.78, 5) is 11.6. The lowest BCUT2D eigenvalue weighted by molar-refractivity contribution is -0.123. The Morgan fingerprint density at radius 1 is 1.53 bits per heavy atom. The molecule has 0 spiro atoms. The minimum absolute atomic E-state index is 0. The SMILES string of the molecule is CC[C@H](C)[C@H](N)C(=O)NCCOc1nonc1C.Cl. The maximum atomic E-state index is 11.6. The quantitative estimate of drug-likeness (QED) is 0.716. The first kappa shape index (κ1) is 17.7. The van der Waals surface area contributed by atoms with E-state index in [1.165, 1.54) is 0 Å². The van der Waals surface area contributed by atoms with Crippen LogP contribution in [0.25, 0.3) is 0 Å². The molecule has 0 aromatic carbocycles. The van der Waals surface area contributed by atoms with Gasteiger partial charge < -0.3 is 15.8 Å². The van der Waals surface area contributed by atoms with Crippen LogP contribution in [0.2, 0.25) is 0 Å². The van der Waals surface area contributed by atoms with Gasteiger partial charge in [-0.15, -0.1) is 12.4 Å². The highest BCUT2D eigenvalue weighted by molar-refractivity contribution is 5.85. The van der Waals surface area contributed by atoms with E-state index in [4.69, 9.17) is 10.5 Å². The Hall–Kier alpha value is -1.34. The minimum Gasteiger partial charge on any atom is -0.472 e. The number of nitrogens with zero attached hydrogens (tertiary/aromatic N) is 2. The zero-order valence-corrected chi connectivity index (χ0v) is 12.2. The summed E-state index contributed by atoms with van der Waals surface area (Å²) in [6, 6.07) is -0.481. The number of carbonyl (C=O) groups excluding carboxylic acids is 1. The number of carbonyl (C=O) groups is 1. The van der Waals surface area contributed by atoms with Gasteiger partial charge in [-0.05, 0) is 18.0 Å². The molecule has 1 aromatic rings. The van der Waals surface area contributed by atoms with Crippen LogP contribution < -0.4 is 15.8 Å². The normalized spacial score (nSPS) is 13.3. The van der Waals surface area contributed by atoms with E-state index in [0.29, 0.717) is 24.7 Å². The molecule has 0 bridgehead atoms. The van der Waals surface area contributed by atoms with Crippen LogP contribution in [0.1, 0.15) is 26.0 Å². The van der Waals surface area contributed by atoms with Crippen LogP contribution in [-0.2, 0) is 4.79 Å². The van der Waals surface area contributed by atoms with Crippen molar-refractivity contribution in [2.24, 2.45) is 11.7 Å². The molecular formula is C11H21ClN4O3. The number of ether oxygens (including phenoxy) is 1. The Kier molecular flexibility index (Phi) is 8.09. The van der Waals surface area contributed by atoms with Gasteiger partial charge in [-0.1, -0.05) is 25.4 Å². The Balaban J connectivity index is 0.00000324. The first-order chi connectivity index (χ1) is 8.56. The zero-order valence-electron chi connectivity index (χ0n) is 11.4. The highest BCUT2D eigenvalue weighted by Gasteiger charge is 2.18. The summed E-state index contributed by atoms with van der Waals surface area (Å²) >= 11 is 0. The van der Waals surface area contributed by atoms with Gasteiger partial charge >= 0.3 is 0 Å². The average Bonchev–Trinajstić information content (AvgIpc) is 2.78. The van der Waals surface area contributed by atoms with Crippen molar-refractivity contribution in [1.29, 1.82) is 0 Å². The van der Waals surface area contributed by atoms with Gasteiger partial charge in [0.15, 0.2) is 0 Å². The van der Waals surface area contributed by atoms with E-state index in [0.717, 1.165) is 6.42 Å². The van der Waals surface area contributed by atoms with Crippen LogP contribution in [0.15, 0.2) is 4.63 Å². The van der Waals surface area contributed by atoms with Crippen LogP contribution in [0.5, 0.6) is 5.88 Å². The van der Waals surface area contributed by atoms with E-state index < -0.39 is 6.04 Å². The monoisotopic (exact) mass is 292 g/mol. The summed E-state index contributed by atoms with van der Waals surface area (Å²) in [7, 11) is 0. The molecule has 2 atom stereocenters. The van der Waals surface area contributed by atoms with E-state index in [1.807, 2.05) is 13.8 Å². The van der Waals surface area contributed by atoms with Gasteiger partial charge in [0, 0.05) is 0 Å². The fraction of sp³-hybridized carbons (Fsp3) is 0.727. The third-order valence-electron chi connectivity index (χ3n) is 2.81. The van der Waals surface area contributed by atoms with Gasteiger partial charge in [0.25, 0.3) is 5.88 Å². The molecule has 0 fully saturated rings. The first-order valence-corrected chi connectivity index (χ1v) is 6.01. The molecule has 110 valence electrons. The van der Waals surface area contributed by atoms with Gasteiger partial charge in [-0.25, -0.2) is 4.63 Å². The molecule has 0 radical (unpaired) electrons. The molecule has 0 saturated heterocycles. The van der Waals surface area contributed by atoms with Gasteiger partial charge in [-0.3, -0.25) is 4.79 Å². The molecule has 0 aliphatic carbocycles. The minimum atomic E-state index is -0.481. The van der Waals surface area contributed by atoms with Crippen molar-refractivity contribution in [3.05, 3.63) is 5.69 Å². The van der Waals surface area contributed by atoms with Crippen molar-refractivity contribution in [3.63, 3.8) is 0 Å². The molecule has 1 heterocycles. The van der Waals surface area contributed by atoms with Gasteiger partial charge in [0.05, 0.1) is 12.6 Å². The van der Waals surface area contributed by atoms with E-state index in [9.17, 15) is 4.79 Å². The second-order valence-electron chi connectivity index (χ2n) is 4.21. The number of aromatic nitrogens is 2. The molecule has 0 aliphatic heterocycles. The highest BCUT2D eigenvalue weighted by Crippen LogP contribution is 2.09. The summed E-state index contributed by atoms with van der Waals surface area (Å²) in [5, 5.41) is 9.85. The van der Waals surface area contributed by atoms with Crippen molar-refractivity contribution in [3.8, 4) is 5.88 Å². The Bertz CT molecular complexity index is 386. The lowest BCUT2D eigenvalue weighted by atomic mass is 9.99. The van der Waals surface area contributed by atoms with Crippen LogP contribution in [0, 0.1) is 12.8 Å². The lowest BCUT2D eigenvalue weighted by Crippen LogP contribution is -2.45. The van der Waals surface area contributed by atoms with Gasteiger partial charge in [-0.2, -0.15) is 0 Å². The molecule has 0 saturated carbocycles. The summed E-state index contributed by atoms with van der Waals surface area (Å²) in [5.41, 5.74) is 6.36. The van der Waals surface area contributed by atoms with E-state index in [1.54, 1.807) is 6.92 Å². The zero-order chi connectivity index (χ0) is 13.5. The molecule has 3 N–H and O–H groups in total. The largest absolute Gasteiger partial charge is 0.472 e. The first-order valence-electron chi connectivity index (χ1n) is 6.01. The second kappa shape index (κ2) is 8.71. The fourth-order valence-corrected chi connectivity index (χ4v) is 1.31. The second-order valence-corrected chi connectivity index (χ2v) is 4.21. The average molecular weight is 293 g/mol. The van der Waals surface area contributed by atoms with E-state index in [-0.39, 0.29) is 24.2 Å². The molecule has 0 unspecified atom stereocenters. The molecule has 0 aliphatic rings. The number of amides is 1. The van der Waals surface area contributed by atoms with Crippen molar-refractivity contribution < 1.29 is 14.2 Å². The number of halogens is 1. The number of hydrogen-bond donors (Lipinski definition) is 2.